The number of methoxy groups -OCH3 is 1. The number of carbonyl (C=O) groups is 1. The molecule has 1 aromatic rings. The Kier molecular flexibility index (Phi) is 6.94. The van der Waals surface area contributed by atoms with Crippen LogP contribution in [0.3, 0.4) is 0 Å². The second kappa shape index (κ2) is 8.75. The van der Waals surface area contributed by atoms with E-state index in [4.69, 9.17) is 28.1 Å². The first-order chi connectivity index (χ1) is 11.9. The molecule has 1 aliphatic heterocycles. The minimum atomic E-state index is -0.0635. The van der Waals surface area contributed by atoms with Crippen LogP contribution in [0.25, 0.3) is 6.08 Å². The molecule has 132 valence electrons. The number of hydrogen-bond acceptors (Lipinski definition) is 5. The maximum Gasteiger partial charge on any atom is 0.266 e. The molecule has 0 spiro atoms. The Bertz CT molecular complexity index is 768. The Balaban J connectivity index is 2.32. The summed E-state index contributed by atoms with van der Waals surface area (Å²) in [5, 5.41) is 0. The minimum absolute atomic E-state index is 0.0635. The van der Waals surface area contributed by atoms with Gasteiger partial charge < -0.3 is 9.47 Å². The highest BCUT2D eigenvalue weighted by Gasteiger charge is 2.32. The number of carbonyl (C=O) groups excluding carboxylic acids is 1. The van der Waals surface area contributed by atoms with Gasteiger partial charge in [-0.25, -0.2) is 0 Å². The summed E-state index contributed by atoms with van der Waals surface area (Å²) in [5.74, 6) is 3.78. The van der Waals surface area contributed by atoms with E-state index in [1.165, 1.54) is 11.8 Å². The topological polar surface area (TPSA) is 38.8 Å². The van der Waals surface area contributed by atoms with E-state index in [1.54, 1.807) is 24.2 Å². The van der Waals surface area contributed by atoms with Gasteiger partial charge >= 0.3 is 0 Å². The van der Waals surface area contributed by atoms with Crippen LogP contribution < -0.4 is 9.47 Å². The van der Waals surface area contributed by atoms with Gasteiger partial charge in [-0.15, -0.1) is 6.42 Å². The molecule has 0 unspecified atom stereocenters. The summed E-state index contributed by atoms with van der Waals surface area (Å²) < 4.78 is 12.2. The van der Waals surface area contributed by atoms with Gasteiger partial charge in [0.05, 0.1) is 16.5 Å². The molecular formula is C18H18BrNO3S2. The molecule has 1 fully saturated rings. The van der Waals surface area contributed by atoms with Gasteiger partial charge in [0.1, 0.15) is 10.9 Å². The van der Waals surface area contributed by atoms with Crippen molar-refractivity contribution >= 4 is 56.2 Å². The monoisotopic (exact) mass is 439 g/mol. The van der Waals surface area contributed by atoms with Crippen LogP contribution in [0.2, 0.25) is 0 Å². The van der Waals surface area contributed by atoms with E-state index in [0.717, 1.165) is 5.56 Å². The normalized spacial score (nSPS) is 15.8. The third kappa shape index (κ3) is 4.78. The Morgan fingerprint density at radius 1 is 1.48 bits per heavy atom. The van der Waals surface area contributed by atoms with Crippen molar-refractivity contribution in [3.05, 3.63) is 27.1 Å². The van der Waals surface area contributed by atoms with Gasteiger partial charge in [-0.1, -0.05) is 43.7 Å². The molecular weight excluding hydrogens is 422 g/mol. The van der Waals surface area contributed by atoms with Crippen molar-refractivity contribution < 1.29 is 14.3 Å². The van der Waals surface area contributed by atoms with Gasteiger partial charge in [0.25, 0.3) is 5.91 Å². The highest BCUT2D eigenvalue weighted by molar-refractivity contribution is 9.10. The van der Waals surface area contributed by atoms with Crippen LogP contribution in [-0.4, -0.2) is 35.4 Å². The lowest BCUT2D eigenvalue weighted by atomic mass is 10.1. The van der Waals surface area contributed by atoms with Gasteiger partial charge in [-0.3, -0.25) is 9.69 Å². The number of hydrogen-bond donors (Lipinski definition) is 0. The van der Waals surface area contributed by atoms with E-state index >= 15 is 0 Å². The lowest BCUT2D eigenvalue weighted by Crippen LogP contribution is -2.31. The molecule has 0 saturated carbocycles. The van der Waals surface area contributed by atoms with E-state index in [9.17, 15) is 4.79 Å². The van der Waals surface area contributed by atoms with Crippen LogP contribution in [-0.2, 0) is 4.79 Å². The molecule has 0 atom stereocenters. The standard InChI is InChI=1S/C18H18BrNO3S2/c1-5-6-23-16-13(19)7-12(8-14(16)22-4)9-15-17(21)20(10-11(2)3)18(24)25-15/h1,7-9,11H,6,10H2,2-4H3/b15-9-. The molecule has 7 heteroatoms. The first-order valence-corrected chi connectivity index (χ1v) is 9.58. The molecule has 1 saturated heterocycles. The SMILES string of the molecule is C#CCOc1c(Br)cc(/C=C2\SC(=S)N(CC(C)C)C2=O)cc1OC. The predicted octanol–water partition coefficient (Wildman–Crippen LogP) is 4.33. The van der Waals surface area contributed by atoms with Crippen molar-refractivity contribution in [2.75, 3.05) is 20.3 Å². The number of rotatable bonds is 6. The predicted molar refractivity (Wildman–Crippen MR) is 110 cm³/mol. The number of ether oxygens (including phenoxy) is 2. The van der Waals surface area contributed by atoms with Crippen LogP contribution >= 0.6 is 39.9 Å². The van der Waals surface area contributed by atoms with Crippen LogP contribution in [0.5, 0.6) is 11.5 Å². The number of halogens is 1. The van der Waals surface area contributed by atoms with Gasteiger partial charge in [0.2, 0.25) is 0 Å². The lowest BCUT2D eigenvalue weighted by Gasteiger charge is -2.16. The summed E-state index contributed by atoms with van der Waals surface area (Å²) in [7, 11) is 1.55. The molecule has 25 heavy (non-hydrogen) atoms. The quantitative estimate of drug-likeness (QED) is 0.374. The van der Waals surface area contributed by atoms with Crippen LogP contribution in [0.1, 0.15) is 19.4 Å². The van der Waals surface area contributed by atoms with E-state index in [-0.39, 0.29) is 12.5 Å². The zero-order chi connectivity index (χ0) is 18.6. The summed E-state index contributed by atoms with van der Waals surface area (Å²) in [6, 6.07) is 3.65. The third-order valence-corrected chi connectivity index (χ3v) is 5.24. The molecule has 0 aliphatic carbocycles. The Hall–Kier alpha value is -1.49. The third-order valence-electron chi connectivity index (χ3n) is 3.27. The zero-order valence-electron chi connectivity index (χ0n) is 14.2. The second-order valence-corrected chi connectivity index (χ2v) is 8.24. The summed E-state index contributed by atoms with van der Waals surface area (Å²) in [6.07, 6.45) is 7.04. The maximum absolute atomic E-state index is 12.6. The average molecular weight is 440 g/mol. The molecule has 4 nitrogen and oxygen atoms in total. The summed E-state index contributed by atoms with van der Waals surface area (Å²) >= 11 is 10.1. The van der Waals surface area contributed by atoms with Gasteiger partial charge in [0.15, 0.2) is 11.5 Å². The fourth-order valence-corrected chi connectivity index (χ4v) is 4.10. The number of benzene rings is 1. The van der Waals surface area contributed by atoms with E-state index in [2.05, 4.69) is 35.7 Å². The summed E-state index contributed by atoms with van der Waals surface area (Å²) in [6.45, 7) is 4.87. The van der Waals surface area contributed by atoms with Crippen molar-refractivity contribution in [1.82, 2.24) is 4.90 Å². The van der Waals surface area contributed by atoms with Gasteiger partial charge in [-0.05, 0) is 45.6 Å². The first kappa shape index (κ1) is 19.8. The minimum Gasteiger partial charge on any atom is -0.493 e. The molecule has 1 heterocycles. The molecule has 0 radical (unpaired) electrons. The molecule has 1 amide bonds. The van der Waals surface area contributed by atoms with E-state index < -0.39 is 0 Å². The number of thioether (sulfide) groups is 1. The van der Waals surface area contributed by atoms with Gasteiger partial charge in [-0.2, -0.15) is 0 Å². The molecule has 0 bridgehead atoms. The van der Waals surface area contributed by atoms with E-state index in [0.29, 0.717) is 37.7 Å². The summed E-state index contributed by atoms with van der Waals surface area (Å²) in [4.78, 5) is 14.8. The highest BCUT2D eigenvalue weighted by Crippen LogP contribution is 2.39. The van der Waals surface area contributed by atoms with Crippen molar-refractivity contribution in [3.8, 4) is 23.8 Å². The Morgan fingerprint density at radius 2 is 2.20 bits per heavy atom. The van der Waals surface area contributed by atoms with Crippen molar-refractivity contribution in [2.45, 2.75) is 13.8 Å². The number of amides is 1. The Labute approximate surface area is 166 Å². The second-order valence-electron chi connectivity index (χ2n) is 5.71. The lowest BCUT2D eigenvalue weighted by molar-refractivity contribution is -0.122. The largest absolute Gasteiger partial charge is 0.493 e. The van der Waals surface area contributed by atoms with Crippen molar-refractivity contribution in [1.29, 1.82) is 0 Å². The fourth-order valence-electron chi connectivity index (χ4n) is 2.25. The van der Waals surface area contributed by atoms with Crippen molar-refractivity contribution in [3.63, 3.8) is 0 Å². The molecule has 0 N–H and O–H groups in total. The van der Waals surface area contributed by atoms with Crippen molar-refractivity contribution in [2.24, 2.45) is 5.92 Å². The smallest absolute Gasteiger partial charge is 0.266 e. The molecule has 1 aliphatic rings. The number of thiocarbonyl (C=S) groups is 1. The van der Waals surface area contributed by atoms with Crippen LogP contribution in [0, 0.1) is 18.3 Å². The number of nitrogens with zero attached hydrogens (tertiary/aromatic N) is 1. The van der Waals surface area contributed by atoms with E-state index in [1.807, 2.05) is 6.07 Å². The average Bonchev–Trinajstić information content (AvgIpc) is 2.80. The number of terminal acetylenes is 1. The first-order valence-electron chi connectivity index (χ1n) is 7.56. The zero-order valence-corrected chi connectivity index (χ0v) is 17.4. The Morgan fingerprint density at radius 3 is 2.80 bits per heavy atom. The maximum atomic E-state index is 12.6. The van der Waals surface area contributed by atoms with Crippen LogP contribution in [0.4, 0.5) is 0 Å². The van der Waals surface area contributed by atoms with Gasteiger partial charge in [0, 0.05) is 6.54 Å². The molecule has 2 rings (SSSR count). The molecule has 1 aromatic carbocycles. The fraction of sp³-hybridized carbons (Fsp3) is 0.333. The highest BCUT2D eigenvalue weighted by atomic mass is 79.9. The summed E-state index contributed by atoms with van der Waals surface area (Å²) in [5.41, 5.74) is 0.807. The van der Waals surface area contributed by atoms with Crippen LogP contribution in [0.15, 0.2) is 21.5 Å². The molecule has 0 aromatic heterocycles.